The second kappa shape index (κ2) is 11.8. The number of anilines is 2. The Labute approximate surface area is 218 Å². The van der Waals surface area contributed by atoms with Gasteiger partial charge in [0.2, 0.25) is 0 Å². The predicted molar refractivity (Wildman–Crippen MR) is 140 cm³/mol. The summed E-state index contributed by atoms with van der Waals surface area (Å²) < 4.78 is 5.54. The summed E-state index contributed by atoms with van der Waals surface area (Å²) in [6, 6.07) is 17.0. The molecule has 0 atom stereocenters. The number of benzene rings is 3. The molecule has 0 saturated carbocycles. The summed E-state index contributed by atoms with van der Waals surface area (Å²) in [6.07, 6.45) is 1.34. The normalized spacial score (nSPS) is 10.9. The maximum absolute atomic E-state index is 12.5. The monoisotopic (exact) mass is 527 g/mol. The summed E-state index contributed by atoms with van der Waals surface area (Å²) in [5, 5.41) is 15.5. The van der Waals surface area contributed by atoms with E-state index in [1.807, 2.05) is 38.1 Å². The maximum Gasteiger partial charge on any atom is 0.266 e. The predicted octanol–water partition coefficient (Wildman–Crippen LogP) is 6.83. The molecule has 178 valence electrons. The highest BCUT2D eigenvalue weighted by molar-refractivity contribution is 6.37. The first-order valence-electron chi connectivity index (χ1n) is 10.3. The van der Waals surface area contributed by atoms with Crippen LogP contribution in [-0.4, -0.2) is 18.4 Å². The molecule has 3 aromatic rings. The van der Waals surface area contributed by atoms with Crippen molar-refractivity contribution in [1.82, 2.24) is 0 Å². The van der Waals surface area contributed by atoms with Crippen LogP contribution in [-0.2, 0) is 9.59 Å². The van der Waals surface area contributed by atoms with Gasteiger partial charge < -0.3 is 15.4 Å². The quantitative estimate of drug-likeness (QED) is 0.260. The van der Waals surface area contributed by atoms with Gasteiger partial charge in [-0.1, -0.05) is 58.6 Å². The first kappa shape index (κ1) is 26.1. The summed E-state index contributed by atoms with van der Waals surface area (Å²) in [7, 11) is 0. The Bertz CT molecular complexity index is 1340. The largest absolute Gasteiger partial charge is 0.481 e. The van der Waals surface area contributed by atoms with Gasteiger partial charge in [0.05, 0.1) is 10.0 Å². The van der Waals surface area contributed by atoms with E-state index in [1.165, 1.54) is 18.2 Å². The van der Waals surface area contributed by atoms with Gasteiger partial charge in [0.1, 0.15) is 11.6 Å². The fourth-order valence-corrected chi connectivity index (χ4v) is 3.96. The topological polar surface area (TPSA) is 91.2 Å². The Morgan fingerprint density at radius 2 is 1.71 bits per heavy atom. The Kier molecular flexibility index (Phi) is 8.78. The molecule has 2 N–H and O–H groups in total. The molecule has 6 nitrogen and oxygen atoms in total. The van der Waals surface area contributed by atoms with Gasteiger partial charge in [-0.2, -0.15) is 5.26 Å². The van der Waals surface area contributed by atoms with E-state index in [-0.39, 0.29) is 33.9 Å². The molecule has 0 heterocycles. The lowest BCUT2D eigenvalue weighted by Gasteiger charge is -2.12. The van der Waals surface area contributed by atoms with Crippen LogP contribution in [0, 0.1) is 25.2 Å². The van der Waals surface area contributed by atoms with Gasteiger partial charge in [-0.15, -0.1) is 0 Å². The third-order valence-corrected chi connectivity index (χ3v) is 5.58. The van der Waals surface area contributed by atoms with E-state index >= 15 is 0 Å². The molecule has 0 radical (unpaired) electrons. The van der Waals surface area contributed by atoms with E-state index < -0.39 is 5.91 Å². The number of amides is 2. The number of nitrogens with zero attached hydrogens (tertiary/aromatic N) is 1. The molecule has 2 amide bonds. The van der Waals surface area contributed by atoms with Gasteiger partial charge in [0.15, 0.2) is 12.4 Å². The van der Waals surface area contributed by atoms with Crippen LogP contribution in [0.25, 0.3) is 6.08 Å². The molecule has 0 spiro atoms. The highest BCUT2D eigenvalue weighted by atomic mass is 35.5. The van der Waals surface area contributed by atoms with Crippen molar-refractivity contribution >= 4 is 64.1 Å². The van der Waals surface area contributed by atoms with Crippen molar-refractivity contribution in [3.8, 4) is 11.8 Å². The van der Waals surface area contributed by atoms with Crippen molar-refractivity contribution < 1.29 is 14.3 Å². The molecule has 9 heteroatoms. The second-order valence-electron chi connectivity index (χ2n) is 7.60. The lowest BCUT2D eigenvalue weighted by atomic mass is 10.1. The smallest absolute Gasteiger partial charge is 0.266 e. The number of nitrogens with one attached hydrogen (secondary N) is 2. The number of nitriles is 1. The molecule has 0 unspecified atom stereocenters. The molecule has 0 fully saturated rings. The fraction of sp³-hybridized carbons (Fsp3) is 0.115. The Morgan fingerprint density at radius 3 is 2.34 bits per heavy atom. The Hall–Kier alpha value is -3.50. The van der Waals surface area contributed by atoms with Crippen molar-refractivity contribution in [3.05, 3.63) is 91.9 Å². The molecule has 0 aromatic heterocycles. The minimum atomic E-state index is -0.620. The van der Waals surface area contributed by atoms with Crippen molar-refractivity contribution in [2.75, 3.05) is 17.2 Å². The molecule has 0 aliphatic rings. The van der Waals surface area contributed by atoms with Crippen LogP contribution in [0.4, 0.5) is 11.4 Å². The lowest BCUT2D eigenvalue weighted by Crippen LogP contribution is -2.20. The Balaban J connectivity index is 1.70. The highest BCUT2D eigenvalue weighted by Gasteiger charge is 2.15. The van der Waals surface area contributed by atoms with E-state index in [9.17, 15) is 14.9 Å². The van der Waals surface area contributed by atoms with Crippen LogP contribution < -0.4 is 15.4 Å². The molecule has 35 heavy (non-hydrogen) atoms. The summed E-state index contributed by atoms with van der Waals surface area (Å²) in [5.41, 5.74) is 3.39. The standard InChI is InChI=1S/C26H20Cl3N3O3/c1-15-6-7-23(16(2)8-15)32-24(33)14-35-25-21(28)10-17(11-22(25)29)9-18(13-30)26(34)31-20-5-3-4-19(27)12-20/h3-12H,14H2,1-2H3,(H,31,34)(H,32,33)/b18-9-. The molecule has 3 rings (SSSR count). The van der Waals surface area contributed by atoms with Crippen molar-refractivity contribution in [3.63, 3.8) is 0 Å². The summed E-state index contributed by atoms with van der Waals surface area (Å²) in [6.45, 7) is 3.55. The molecule has 0 aliphatic carbocycles. The summed E-state index contributed by atoms with van der Waals surface area (Å²) >= 11 is 18.5. The van der Waals surface area contributed by atoms with E-state index in [0.717, 1.165) is 11.1 Å². The van der Waals surface area contributed by atoms with Crippen LogP contribution >= 0.6 is 34.8 Å². The van der Waals surface area contributed by atoms with Crippen LogP contribution in [0.1, 0.15) is 16.7 Å². The van der Waals surface area contributed by atoms with Crippen LogP contribution in [0.15, 0.2) is 60.2 Å². The van der Waals surface area contributed by atoms with Crippen LogP contribution in [0.2, 0.25) is 15.1 Å². The Morgan fingerprint density at radius 1 is 1.00 bits per heavy atom. The average molecular weight is 529 g/mol. The minimum Gasteiger partial charge on any atom is -0.481 e. The number of halogens is 3. The van der Waals surface area contributed by atoms with Crippen LogP contribution in [0.3, 0.4) is 0 Å². The number of aryl methyl sites for hydroxylation is 2. The number of carbonyl (C=O) groups is 2. The zero-order valence-electron chi connectivity index (χ0n) is 18.8. The van der Waals surface area contributed by atoms with Crippen molar-refractivity contribution in [1.29, 1.82) is 5.26 Å². The zero-order valence-corrected chi connectivity index (χ0v) is 21.1. The first-order valence-corrected chi connectivity index (χ1v) is 11.5. The number of hydrogen-bond acceptors (Lipinski definition) is 4. The van der Waals surface area contributed by atoms with Gasteiger partial charge in [0.25, 0.3) is 11.8 Å². The fourth-order valence-electron chi connectivity index (χ4n) is 3.16. The molecule has 3 aromatic carbocycles. The molecule has 0 saturated heterocycles. The van der Waals surface area contributed by atoms with Crippen molar-refractivity contribution in [2.24, 2.45) is 0 Å². The van der Waals surface area contributed by atoms with Gasteiger partial charge in [-0.05, 0) is 67.4 Å². The van der Waals surface area contributed by atoms with Crippen molar-refractivity contribution in [2.45, 2.75) is 13.8 Å². The molecular weight excluding hydrogens is 509 g/mol. The van der Waals surface area contributed by atoms with E-state index in [0.29, 0.717) is 22.0 Å². The highest BCUT2D eigenvalue weighted by Crippen LogP contribution is 2.35. The average Bonchev–Trinajstić information content (AvgIpc) is 2.78. The maximum atomic E-state index is 12.5. The number of rotatable bonds is 7. The van der Waals surface area contributed by atoms with Gasteiger partial charge in [-0.25, -0.2) is 0 Å². The third kappa shape index (κ3) is 7.24. The minimum absolute atomic E-state index is 0.114. The lowest BCUT2D eigenvalue weighted by molar-refractivity contribution is -0.118. The molecule has 0 bridgehead atoms. The van der Waals surface area contributed by atoms with Gasteiger partial charge in [-0.3, -0.25) is 9.59 Å². The zero-order chi connectivity index (χ0) is 25.5. The van der Waals surface area contributed by atoms with Crippen LogP contribution in [0.5, 0.6) is 5.75 Å². The van der Waals surface area contributed by atoms with E-state index in [1.54, 1.807) is 24.3 Å². The molecule has 0 aliphatic heterocycles. The molecular formula is C26H20Cl3N3O3. The van der Waals surface area contributed by atoms with E-state index in [4.69, 9.17) is 39.5 Å². The summed E-state index contributed by atoms with van der Waals surface area (Å²) in [5.74, 6) is -0.883. The number of hydrogen-bond donors (Lipinski definition) is 2. The third-order valence-electron chi connectivity index (χ3n) is 4.78. The van der Waals surface area contributed by atoms with Gasteiger partial charge in [0, 0.05) is 16.4 Å². The van der Waals surface area contributed by atoms with Gasteiger partial charge >= 0.3 is 0 Å². The number of carbonyl (C=O) groups excluding carboxylic acids is 2. The summed E-state index contributed by atoms with van der Waals surface area (Å²) in [4.78, 5) is 24.8. The number of ether oxygens (including phenoxy) is 1. The first-order chi connectivity index (χ1) is 16.7. The van der Waals surface area contributed by atoms with E-state index in [2.05, 4.69) is 10.6 Å². The second-order valence-corrected chi connectivity index (χ2v) is 8.85. The SMILES string of the molecule is Cc1ccc(NC(=O)COc2c(Cl)cc(/C=C(/C#N)C(=O)Nc3cccc(Cl)c3)cc2Cl)c(C)c1.